The quantitative estimate of drug-likeness (QED) is 0.835. The zero-order chi connectivity index (χ0) is 11.5. The van der Waals surface area contributed by atoms with Gasteiger partial charge in [0.1, 0.15) is 0 Å². The number of rotatable bonds is 2. The summed E-state index contributed by atoms with van der Waals surface area (Å²) in [6, 6.07) is 13.7. The average molecular weight is 233 g/mol. The molecule has 0 amide bonds. The van der Waals surface area contributed by atoms with Crippen LogP contribution in [0.5, 0.6) is 0 Å². The molecule has 0 heterocycles. The lowest BCUT2D eigenvalue weighted by Gasteiger charge is -2.09. The first-order chi connectivity index (χ1) is 7.72. The van der Waals surface area contributed by atoms with Crippen molar-refractivity contribution in [3.63, 3.8) is 0 Å². The summed E-state index contributed by atoms with van der Waals surface area (Å²) in [6.07, 6.45) is 0. The molecule has 0 unspecified atom stereocenters. The lowest BCUT2D eigenvalue weighted by atomic mass is 9.99. The molecule has 0 fully saturated rings. The van der Waals surface area contributed by atoms with E-state index in [1.54, 1.807) is 0 Å². The summed E-state index contributed by atoms with van der Waals surface area (Å²) in [6.45, 7) is 2.09. The molecule has 2 rings (SSSR count). The second-order valence-corrected chi connectivity index (χ2v) is 4.20. The zero-order valence-electron chi connectivity index (χ0n) is 9.07. The van der Waals surface area contributed by atoms with Crippen LogP contribution in [0, 0.1) is 6.92 Å². The van der Waals surface area contributed by atoms with Gasteiger partial charge < -0.3 is 5.11 Å². The van der Waals surface area contributed by atoms with E-state index in [2.05, 4.69) is 0 Å². The summed E-state index contributed by atoms with van der Waals surface area (Å²) in [7, 11) is 0. The van der Waals surface area contributed by atoms with Gasteiger partial charge in [0.05, 0.1) is 6.61 Å². The van der Waals surface area contributed by atoms with Gasteiger partial charge in [0, 0.05) is 10.6 Å². The summed E-state index contributed by atoms with van der Waals surface area (Å²) in [5.74, 6) is 0. The van der Waals surface area contributed by atoms with Gasteiger partial charge in [0.2, 0.25) is 0 Å². The van der Waals surface area contributed by atoms with E-state index >= 15 is 0 Å². The highest BCUT2D eigenvalue weighted by atomic mass is 35.5. The predicted octanol–water partition coefficient (Wildman–Crippen LogP) is 3.81. The minimum absolute atomic E-state index is 0.0529. The molecule has 2 heteroatoms. The molecule has 0 saturated carbocycles. The number of aliphatic hydroxyl groups excluding tert-OH is 1. The van der Waals surface area contributed by atoms with Crippen molar-refractivity contribution in [2.75, 3.05) is 0 Å². The number of benzene rings is 2. The minimum Gasteiger partial charge on any atom is -0.392 e. The van der Waals surface area contributed by atoms with Gasteiger partial charge >= 0.3 is 0 Å². The van der Waals surface area contributed by atoms with Crippen LogP contribution in [0.2, 0.25) is 5.02 Å². The molecule has 2 aromatic carbocycles. The van der Waals surface area contributed by atoms with Crippen molar-refractivity contribution in [1.82, 2.24) is 0 Å². The highest BCUT2D eigenvalue weighted by Crippen LogP contribution is 2.31. The van der Waals surface area contributed by atoms with E-state index in [-0.39, 0.29) is 6.61 Å². The van der Waals surface area contributed by atoms with Gasteiger partial charge in [-0.3, -0.25) is 0 Å². The summed E-state index contributed by atoms with van der Waals surface area (Å²) >= 11 is 6.20. The second-order valence-electron chi connectivity index (χ2n) is 3.79. The van der Waals surface area contributed by atoms with Crippen LogP contribution in [-0.4, -0.2) is 5.11 Å². The molecular formula is C14H13ClO. The molecule has 0 aliphatic heterocycles. The first-order valence-electron chi connectivity index (χ1n) is 5.17. The van der Waals surface area contributed by atoms with Gasteiger partial charge in [0.15, 0.2) is 0 Å². The maximum absolute atomic E-state index is 9.11. The van der Waals surface area contributed by atoms with E-state index in [9.17, 15) is 0 Å². The molecule has 2 aromatic rings. The second kappa shape index (κ2) is 4.69. The molecule has 0 spiro atoms. The fourth-order valence-electron chi connectivity index (χ4n) is 1.82. The highest BCUT2D eigenvalue weighted by molar-refractivity contribution is 6.33. The normalized spacial score (nSPS) is 10.4. The molecule has 16 heavy (non-hydrogen) atoms. The molecule has 82 valence electrons. The Morgan fingerprint density at radius 1 is 1.12 bits per heavy atom. The van der Waals surface area contributed by atoms with Crippen molar-refractivity contribution in [2.24, 2.45) is 0 Å². The van der Waals surface area contributed by atoms with E-state index < -0.39 is 0 Å². The Labute approximate surface area is 100 Å². The standard InChI is InChI=1S/C14H13ClO/c1-10-4-2-7-13(15)14(10)12-6-3-5-11(8-12)9-16/h2-8,16H,9H2,1H3. The molecule has 0 aliphatic rings. The Morgan fingerprint density at radius 2 is 1.88 bits per heavy atom. The molecule has 0 saturated heterocycles. The molecule has 1 N–H and O–H groups in total. The molecule has 0 aromatic heterocycles. The Hall–Kier alpha value is -1.31. The van der Waals surface area contributed by atoms with E-state index in [4.69, 9.17) is 16.7 Å². The first kappa shape index (κ1) is 11.2. The third kappa shape index (κ3) is 2.11. The molecule has 0 aliphatic carbocycles. The fourth-order valence-corrected chi connectivity index (χ4v) is 2.15. The Balaban J connectivity index is 2.58. The van der Waals surface area contributed by atoms with Gasteiger partial charge in [-0.05, 0) is 35.7 Å². The van der Waals surface area contributed by atoms with Gasteiger partial charge in [-0.25, -0.2) is 0 Å². The Bertz CT molecular complexity index is 486. The lowest BCUT2D eigenvalue weighted by molar-refractivity contribution is 0.282. The topological polar surface area (TPSA) is 20.2 Å². The van der Waals surface area contributed by atoms with Gasteiger partial charge in [-0.1, -0.05) is 41.9 Å². The first-order valence-corrected chi connectivity index (χ1v) is 5.55. The molecular weight excluding hydrogens is 220 g/mol. The van der Waals surface area contributed by atoms with Crippen molar-refractivity contribution in [3.8, 4) is 11.1 Å². The SMILES string of the molecule is Cc1cccc(Cl)c1-c1cccc(CO)c1. The molecule has 1 nitrogen and oxygen atoms in total. The summed E-state index contributed by atoms with van der Waals surface area (Å²) in [5, 5.41) is 9.86. The van der Waals surface area contributed by atoms with Crippen LogP contribution >= 0.6 is 11.6 Å². The predicted molar refractivity (Wildman–Crippen MR) is 67.5 cm³/mol. The Morgan fingerprint density at radius 3 is 2.56 bits per heavy atom. The monoisotopic (exact) mass is 232 g/mol. The summed E-state index contributed by atoms with van der Waals surface area (Å²) < 4.78 is 0. The van der Waals surface area contributed by atoms with Crippen molar-refractivity contribution < 1.29 is 5.11 Å². The number of hydrogen-bond donors (Lipinski definition) is 1. The van der Waals surface area contributed by atoms with Crippen LogP contribution in [-0.2, 0) is 6.61 Å². The van der Waals surface area contributed by atoms with Gasteiger partial charge in [-0.2, -0.15) is 0 Å². The zero-order valence-corrected chi connectivity index (χ0v) is 9.83. The largest absolute Gasteiger partial charge is 0.392 e. The molecule has 0 radical (unpaired) electrons. The van der Waals surface area contributed by atoms with Crippen molar-refractivity contribution >= 4 is 11.6 Å². The Kier molecular flexibility index (Phi) is 3.28. The molecule has 0 bridgehead atoms. The lowest BCUT2D eigenvalue weighted by Crippen LogP contribution is -1.87. The van der Waals surface area contributed by atoms with E-state index in [0.717, 1.165) is 27.3 Å². The highest BCUT2D eigenvalue weighted by Gasteiger charge is 2.06. The number of halogens is 1. The van der Waals surface area contributed by atoms with Crippen LogP contribution in [0.1, 0.15) is 11.1 Å². The van der Waals surface area contributed by atoms with Crippen LogP contribution in [0.25, 0.3) is 11.1 Å². The summed E-state index contributed by atoms with van der Waals surface area (Å²) in [5.41, 5.74) is 4.13. The average Bonchev–Trinajstić information content (AvgIpc) is 2.29. The third-order valence-corrected chi connectivity index (χ3v) is 2.94. The van der Waals surface area contributed by atoms with E-state index in [1.807, 2.05) is 49.4 Å². The van der Waals surface area contributed by atoms with Crippen LogP contribution < -0.4 is 0 Å². The third-order valence-electron chi connectivity index (χ3n) is 2.62. The number of aryl methyl sites for hydroxylation is 1. The van der Waals surface area contributed by atoms with Crippen molar-refractivity contribution in [3.05, 3.63) is 58.6 Å². The number of hydrogen-bond acceptors (Lipinski definition) is 1. The van der Waals surface area contributed by atoms with Gasteiger partial charge in [0.25, 0.3) is 0 Å². The van der Waals surface area contributed by atoms with E-state index in [1.165, 1.54) is 0 Å². The smallest absolute Gasteiger partial charge is 0.0682 e. The maximum Gasteiger partial charge on any atom is 0.0682 e. The number of aliphatic hydroxyl groups is 1. The fraction of sp³-hybridized carbons (Fsp3) is 0.143. The van der Waals surface area contributed by atoms with Crippen LogP contribution in [0.15, 0.2) is 42.5 Å². The van der Waals surface area contributed by atoms with Crippen LogP contribution in [0.4, 0.5) is 0 Å². The van der Waals surface area contributed by atoms with Crippen molar-refractivity contribution in [1.29, 1.82) is 0 Å². The summed E-state index contributed by atoms with van der Waals surface area (Å²) in [4.78, 5) is 0. The minimum atomic E-state index is 0.0529. The van der Waals surface area contributed by atoms with Crippen molar-refractivity contribution in [2.45, 2.75) is 13.5 Å². The van der Waals surface area contributed by atoms with Crippen LogP contribution in [0.3, 0.4) is 0 Å². The maximum atomic E-state index is 9.11. The van der Waals surface area contributed by atoms with E-state index in [0.29, 0.717) is 0 Å². The van der Waals surface area contributed by atoms with Gasteiger partial charge in [-0.15, -0.1) is 0 Å². The molecule has 0 atom stereocenters.